The molecule has 0 bridgehead atoms. The van der Waals surface area contributed by atoms with Crippen molar-refractivity contribution in [3.8, 4) is 0 Å². The maximum Gasteiger partial charge on any atom is 0.00674 e. The molecule has 1 nitrogen and oxygen atoms in total. The molecule has 1 aliphatic rings. The first-order valence-corrected chi connectivity index (χ1v) is 8.31. The predicted octanol–water partition coefficient (Wildman–Crippen LogP) is 4.47. The molecule has 1 aromatic heterocycles. The summed E-state index contributed by atoms with van der Waals surface area (Å²) >= 11 is 1.87. The molecule has 2 rings (SSSR count). The standard InChI is InChI=1S/C16H27NS/c1-12-9-13(2)11-14(10-12)16(17)7-3-5-15-6-4-8-18-15/h4,6,8,12-14,16H,3,5,7,9-11,17H2,1-2H3. The fourth-order valence-corrected chi connectivity index (χ4v) is 4.31. The van der Waals surface area contributed by atoms with Gasteiger partial charge in [0.05, 0.1) is 0 Å². The van der Waals surface area contributed by atoms with E-state index in [2.05, 4.69) is 31.4 Å². The Hall–Kier alpha value is -0.340. The third-order valence-electron chi connectivity index (χ3n) is 4.36. The Labute approximate surface area is 116 Å². The molecule has 0 spiro atoms. The van der Waals surface area contributed by atoms with Gasteiger partial charge in [-0.3, -0.25) is 0 Å². The van der Waals surface area contributed by atoms with Gasteiger partial charge in [0.2, 0.25) is 0 Å². The summed E-state index contributed by atoms with van der Waals surface area (Å²) in [6, 6.07) is 4.81. The number of hydrogen-bond acceptors (Lipinski definition) is 2. The summed E-state index contributed by atoms with van der Waals surface area (Å²) < 4.78 is 0. The van der Waals surface area contributed by atoms with Crippen LogP contribution in [0.15, 0.2) is 17.5 Å². The Morgan fingerprint density at radius 1 is 1.28 bits per heavy atom. The molecular formula is C16H27NS. The maximum atomic E-state index is 6.42. The molecule has 0 radical (unpaired) electrons. The zero-order valence-electron chi connectivity index (χ0n) is 11.8. The topological polar surface area (TPSA) is 26.0 Å². The van der Waals surface area contributed by atoms with E-state index in [0.29, 0.717) is 6.04 Å². The molecule has 1 aromatic rings. The van der Waals surface area contributed by atoms with Crippen molar-refractivity contribution in [2.45, 2.75) is 58.4 Å². The minimum absolute atomic E-state index is 0.426. The molecule has 0 amide bonds. The van der Waals surface area contributed by atoms with Crippen molar-refractivity contribution in [2.24, 2.45) is 23.5 Å². The minimum Gasteiger partial charge on any atom is -0.327 e. The molecule has 1 saturated carbocycles. The molecule has 1 fully saturated rings. The van der Waals surface area contributed by atoms with E-state index in [4.69, 9.17) is 5.73 Å². The van der Waals surface area contributed by atoms with E-state index in [1.165, 1.54) is 43.4 Å². The number of nitrogens with two attached hydrogens (primary N) is 1. The Bertz CT molecular complexity index is 323. The summed E-state index contributed by atoms with van der Waals surface area (Å²) in [7, 11) is 0. The van der Waals surface area contributed by atoms with Crippen molar-refractivity contribution in [1.82, 2.24) is 0 Å². The molecule has 0 aliphatic heterocycles. The van der Waals surface area contributed by atoms with Gasteiger partial charge in [-0.1, -0.05) is 19.9 Å². The smallest absolute Gasteiger partial charge is 0.00674 e. The van der Waals surface area contributed by atoms with Crippen LogP contribution in [0.1, 0.15) is 50.8 Å². The lowest BCUT2D eigenvalue weighted by Crippen LogP contribution is -2.35. The fraction of sp³-hybridized carbons (Fsp3) is 0.750. The third kappa shape index (κ3) is 4.10. The Morgan fingerprint density at radius 2 is 2.00 bits per heavy atom. The van der Waals surface area contributed by atoms with E-state index in [-0.39, 0.29) is 0 Å². The second-order valence-electron chi connectivity index (χ2n) is 6.31. The lowest BCUT2D eigenvalue weighted by molar-refractivity contribution is 0.187. The Kier molecular flexibility index (Phi) is 5.25. The van der Waals surface area contributed by atoms with Crippen molar-refractivity contribution >= 4 is 11.3 Å². The number of rotatable bonds is 5. The molecular weight excluding hydrogens is 238 g/mol. The van der Waals surface area contributed by atoms with Crippen molar-refractivity contribution < 1.29 is 0 Å². The van der Waals surface area contributed by atoms with Crippen molar-refractivity contribution in [1.29, 1.82) is 0 Å². The van der Waals surface area contributed by atoms with Crippen LogP contribution in [0.4, 0.5) is 0 Å². The fourth-order valence-electron chi connectivity index (χ4n) is 3.56. The Morgan fingerprint density at radius 3 is 2.61 bits per heavy atom. The average molecular weight is 265 g/mol. The summed E-state index contributed by atoms with van der Waals surface area (Å²) in [6.07, 6.45) is 7.76. The lowest BCUT2D eigenvalue weighted by Gasteiger charge is -2.35. The van der Waals surface area contributed by atoms with Gasteiger partial charge >= 0.3 is 0 Å². The van der Waals surface area contributed by atoms with E-state index in [0.717, 1.165) is 17.8 Å². The first-order valence-electron chi connectivity index (χ1n) is 7.43. The SMILES string of the molecule is CC1CC(C)CC(C(N)CCCc2cccs2)C1. The van der Waals surface area contributed by atoms with Crippen LogP contribution >= 0.6 is 11.3 Å². The number of aryl methyl sites for hydroxylation is 1. The molecule has 3 atom stereocenters. The van der Waals surface area contributed by atoms with E-state index < -0.39 is 0 Å². The highest BCUT2D eigenvalue weighted by molar-refractivity contribution is 7.09. The van der Waals surface area contributed by atoms with E-state index in [1.54, 1.807) is 0 Å². The summed E-state index contributed by atoms with van der Waals surface area (Å²) in [5.74, 6) is 2.52. The quantitative estimate of drug-likeness (QED) is 0.835. The summed E-state index contributed by atoms with van der Waals surface area (Å²) in [6.45, 7) is 4.78. The normalized spacial score (nSPS) is 30.3. The van der Waals surface area contributed by atoms with Crippen LogP contribution in [0.5, 0.6) is 0 Å². The highest BCUT2D eigenvalue weighted by atomic mass is 32.1. The Balaban J connectivity index is 1.72. The molecule has 18 heavy (non-hydrogen) atoms. The monoisotopic (exact) mass is 265 g/mol. The van der Waals surface area contributed by atoms with Crippen molar-refractivity contribution in [3.05, 3.63) is 22.4 Å². The average Bonchev–Trinajstić information content (AvgIpc) is 2.80. The predicted molar refractivity (Wildman–Crippen MR) is 80.9 cm³/mol. The first kappa shape index (κ1) is 14.1. The van der Waals surface area contributed by atoms with Crippen LogP contribution in [0.2, 0.25) is 0 Å². The van der Waals surface area contributed by atoms with Crippen LogP contribution < -0.4 is 5.73 Å². The summed E-state index contributed by atoms with van der Waals surface area (Å²) in [5, 5.41) is 2.17. The second-order valence-corrected chi connectivity index (χ2v) is 7.35. The van der Waals surface area contributed by atoms with Crippen LogP contribution in [0.25, 0.3) is 0 Å². The second kappa shape index (κ2) is 6.72. The zero-order chi connectivity index (χ0) is 13.0. The van der Waals surface area contributed by atoms with Gasteiger partial charge in [-0.15, -0.1) is 11.3 Å². The molecule has 3 unspecified atom stereocenters. The highest BCUT2D eigenvalue weighted by Gasteiger charge is 2.27. The molecule has 0 aromatic carbocycles. The van der Waals surface area contributed by atoms with E-state index in [9.17, 15) is 0 Å². The van der Waals surface area contributed by atoms with Gasteiger partial charge in [0.1, 0.15) is 0 Å². The summed E-state index contributed by atoms with van der Waals surface area (Å²) in [4.78, 5) is 1.51. The molecule has 2 heteroatoms. The largest absolute Gasteiger partial charge is 0.327 e. The first-order chi connectivity index (χ1) is 8.65. The van der Waals surface area contributed by atoms with Crippen LogP contribution in [0.3, 0.4) is 0 Å². The van der Waals surface area contributed by atoms with Crippen LogP contribution in [-0.2, 0) is 6.42 Å². The number of hydrogen-bond donors (Lipinski definition) is 1. The van der Waals surface area contributed by atoms with Gasteiger partial charge in [-0.2, -0.15) is 0 Å². The van der Waals surface area contributed by atoms with E-state index >= 15 is 0 Å². The van der Waals surface area contributed by atoms with Crippen molar-refractivity contribution in [2.75, 3.05) is 0 Å². The third-order valence-corrected chi connectivity index (χ3v) is 5.30. The van der Waals surface area contributed by atoms with Gasteiger partial charge in [-0.25, -0.2) is 0 Å². The number of thiophene rings is 1. The van der Waals surface area contributed by atoms with E-state index in [1.807, 2.05) is 11.3 Å². The summed E-state index contributed by atoms with van der Waals surface area (Å²) in [5.41, 5.74) is 6.42. The van der Waals surface area contributed by atoms with Gasteiger partial charge in [0, 0.05) is 10.9 Å². The van der Waals surface area contributed by atoms with Crippen LogP contribution in [-0.4, -0.2) is 6.04 Å². The van der Waals surface area contributed by atoms with Gasteiger partial charge in [-0.05, 0) is 67.7 Å². The maximum absolute atomic E-state index is 6.42. The van der Waals surface area contributed by atoms with Gasteiger partial charge in [0.25, 0.3) is 0 Å². The molecule has 102 valence electrons. The van der Waals surface area contributed by atoms with Gasteiger partial charge < -0.3 is 5.73 Å². The molecule has 2 N–H and O–H groups in total. The van der Waals surface area contributed by atoms with Gasteiger partial charge in [0.15, 0.2) is 0 Å². The molecule has 0 saturated heterocycles. The highest BCUT2D eigenvalue weighted by Crippen LogP contribution is 2.35. The van der Waals surface area contributed by atoms with Crippen molar-refractivity contribution in [3.63, 3.8) is 0 Å². The molecule has 1 heterocycles. The molecule has 1 aliphatic carbocycles. The zero-order valence-corrected chi connectivity index (χ0v) is 12.6. The van der Waals surface area contributed by atoms with Crippen LogP contribution in [0, 0.1) is 17.8 Å². The minimum atomic E-state index is 0.426. The lowest BCUT2D eigenvalue weighted by atomic mass is 9.73.